The zero-order valence-corrected chi connectivity index (χ0v) is 30.6. The number of hydrogen-bond acceptors (Lipinski definition) is 10. The van der Waals surface area contributed by atoms with Crippen LogP contribution in [-0.2, 0) is 33.0 Å². The first-order valence-electron chi connectivity index (χ1n) is 17.6. The Labute approximate surface area is 317 Å². The van der Waals surface area contributed by atoms with E-state index in [1.54, 1.807) is 12.1 Å². The maximum Gasteiger partial charge on any atom is 0.335 e. The van der Waals surface area contributed by atoms with Crippen molar-refractivity contribution in [3.05, 3.63) is 135 Å². The van der Waals surface area contributed by atoms with Gasteiger partial charge in [-0.25, -0.2) is 31.4 Å². The number of carbonyl (C=O) groups excluding carboxylic acids is 2. The highest BCUT2D eigenvalue weighted by molar-refractivity contribution is 7.92. The smallest absolute Gasteiger partial charge is 0.335 e. The van der Waals surface area contributed by atoms with Crippen molar-refractivity contribution in [3.8, 4) is 17.0 Å². The summed E-state index contributed by atoms with van der Waals surface area (Å²) >= 11 is 0. The van der Waals surface area contributed by atoms with Gasteiger partial charge in [-0.1, -0.05) is 6.42 Å². The van der Waals surface area contributed by atoms with Gasteiger partial charge in [0.05, 0.1) is 45.8 Å². The van der Waals surface area contributed by atoms with E-state index < -0.39 is 68.2 Å². The molecular formula is C39H34F2N6O8S. The minimum Gasteiger partial charge on any atom is -0.464 e. The Hall–Kier alpha value is -6.49. The predicted molar refractivity (Wildman–Crippen MR) is 200 cm³/mol. The number of carbonyl (C=O) groups is 2. The van der Waals surface area contributed by atoms with Gasteiger partial charge >= 0.3 is 11.7 Å². The highest BCUT2D eigenvalue weighted by Gasteiger charge is 2.30. The Balaban J connectivity index is 1.11. The molecule has 0 unspecified atom stereocenters. The Kier molecular flexibility index (Phi) is 10.6. The maximum absolute atomic E-state index is 15.5. The number of sulfonamides is 1. The van der Waals surface area contributed by atoms with Gasteiger partial charge in [-0.15, -0.1) is 0 Å². The van der Waals surface area contributed by atoms with Crippen LogP contribution in [0.3, 0.4) is 0 Å². The number of furan rings is 1. The van der Waals surface area contributed by atoms with Gasteiger partial charge in [0.15, 0.2) is 0 Å². The Morgan fingerprint density at radius 2 is 1.71 bits per heavy atom. The normalized spacial score (nSPS) is 14.0. The number of halogens is 2. The molecule has 0 radical (unpaired) electrons. The minimum atomic E-state index is -4.30. The molecule has 14 nitrogen and oxygen atoms in total. The Bertz CT molecular complexity index is 2640. The summed E-state index contributed by atoms with van der Waals surface area (Å²) in [7, 11) is -2.81. The summed E-state index contributed by atoms with van der Waals surface area (Å²) < 4.78 is 72.4. The number of hydrogen-bond donors (Lipinski definition) is 2. The molecule has 0 saturated heterocycles. The van der Waals surface area contributed by atoms with Crippen LogP contribution < -0.4 is 21.3 Å². The molecule has 56 heavy (non-hydrogen) atoms. The van der Waals surface area contributed by atoms with Crippen LogP contribution in [-0.4, -0.2) is 51.5 Å². The van der Waals surface area contributed by atoms with Crippen LogP contribution in [0, 0.1) is 11.6 Å². The molecule has 0 spiro atoms. The van der Waals surface area contributed by atoms with Crippen LogP contribution in [0.1, 0.15) is 48.2 Å². The van der Waals surface area contributed by atoms with Crippen molar-refractivity contribution in [3.63, 3.8) is 0 Å². The average molecular weight is 785 g/mol. The molecule has 1 saturated carbocycles. The van der Waals surface area contributed by atoms with Gasteiger partial charge in [-0.2, -0.15) is 0 Å². The summed E-state index contributed by atoms with van der Waals surface area (Å²) in [5.41, 5.74) is -1.48. The number of amides is 1. The summed E-state index contributed by atoms with van der Waals surface area (Å²) in [6, 6.07) is 13.2. The summed E-state index contributed by atoms with van der Waals surface area (Å²) in [6.07, 6.45) is 8.73. The lowest BCUT2D eigenvalue weighted by Crippen LogP contribution is -2.45. The quantitative estimate of drug-likeness (QED) is 0.169. The van der Waals surface area contributed by atoms with Crippen LogP contribution in [0.15, 0.2) is 110 Å². The van der Waals surface area contributed by atoms with Gasteiger partial charge in [0.1, 0.15) is 35.1 Å². The third-order valence-electron chi connectivity index (χ3n) is 9.47. The van der Waals surface area contributed by atoms with E-state index in [1.807, 2.05) is 0 Å². The minimum absolute atomic E-state index is 0.133. The van der Waals surface area contributed by atoms with Crippen LogP contribution in [0.4, 0.5) is 14.5 Å². The number of aryl methyl sites for hydroxylation is 1. The number of pyridine rings is 2. The molecule has 4 aromatic heterocycles. The number of nitrogens with one attached hydrogen (secondary N) is 2. The van der Waals surface area contributed by atoms with E-state index in [-0.39, 0.29) is 28.1 Å². The Morgan fingerprint density at radius 3 is 2.38 bits per heavy atom. The highest BCUT2D eigenvalue weighted by Crippen LogP contribution is 2.26. The van der Waals surface area contributed by atoms with E-state index >= 15 is 8.78 Å². The van der Waals surface area contributed by atoms with Crippen molar-refractivity contribution >= 4 is 38.5 Å². The first kappa shape index (κ1) is 37.8. The second-order valence-electron chi connectivity index (χ2n) is 13.2. The van der Waals surface area contributed by atoms with Crippen LogP contribution >= 0.6 is 0 Å². The molecule has 1 aliphatic rings. The van der Waals surface area contributed by atoms with E-state index in [0.29, 0.717) is 41.8 Å². The highest BCUT2D eigenvalue weighted by atomic mass is 32.2. The lowest BCUT2D eigenvalue weighted by Gasteiger charge is -2.25. The maximum atomic E-state index is 15.5. The third kappa shape index (κ3) is 7.84. The second-order valence-corrected chi connectivity index (χ2v) is 14.9. The standard InChI is InChI=1S/C39H34F2N6O8S/c1-46-33-22-42-16-15-29(33)37(49)47(39(46)51)26-12-11-24(43-21-26)20-32(38(50)55-27-6-3-2-4-7-27)44-36(48)35-30(40)18-25(19-31(35)41)45-56(52,53)28-13-9-23(10-14-28)34-8-5-17-54-34/h5,8-19,21-22,27,32,45H,2-4,6-7,20H2,1H3,(H,44,48)/t32-/m0/s1. The lowest BCUT2D eigenvalue weighted by molar-refractivity contribution is -0.152. The van der Waals surface area contributed by atoms with Gasteiger partial charge < -0.3 is 14.5 Å². The zero-order valence-electron chi connectivity index (χ0n) is 29.8. The molecule has 2 aromatic carbocycles. The number of aromatic nitrogens is 4. The first-order chi connectivity index (χ1) is 26.9. The number of anilines is 1. The van der Waals surface area contributed by atoms with E-state index in [0.717, 1.165) is 23.8 Å². The third-order valence-corrected chi connectivity index (χ3v) is 10.9. The fourth-order valence-corrected chi connectivity index (χ4v) is 7.60. The summed E-state index contributed by atoms with van der Waals surface area (Å²) in [5.74, 6) is -4.43. The molecule has 2 N–H and O–H groups in total. The van der Waals surface area contributed by atoms with Crippen molar-refractivity contribution in [2.45, 2.75) is 55.6 Å². The fourth-order valence-electron chi connectivity index (χ4n) is 6.56. The molecule has 0 bridgehead atoms. The van der Waals surface area contributed by atoms with Gasteiger partial charge in [0, 0.05) is 30.9 Å². The van der Waals surface area contributed by atoms with Gasteiger partial charge in [0.25, 0.3) is 21.5 Å². The van der Waals surface area contributed by atoms with E-state index in [9.17, 15) is 27.6 Å². The summed E-state index contributed by atoms with van der Waals surface area (Å²) in [6.45, 7) is 0. The molecule has 1 aliphatic carbocycles. The second kappa shape index (κ2) is 15.7. The van der Waals surface area contributed by atoms with Crippen LogP contribution in [0.5, 0.6) is 0 Å². The van der Waals surface area contributed by atoms with Crippen molar-refractivity contribution in [2.75, 3.05) is 4.72 Å². The molecule has 288 valence electrons. The molecule has 1 atom stereocenters. The predicted octanol–water partition coefficient (Wildman–Crippen LogP) is 5.04. The van der Waals surface area contributed by atoms with Gasteiger partial charge in [0.2, 0.25) is 0 Å². The van der Waals surface area contributed by atoms with E-state index in [4.69, 9.17) is 9.15 Å². The van der Waals surface area contributed by atoms with Crippen molar-refractivity contribution in [2.24, 2.45) is 7.05 Å². The monoisotopic (exact) mass is 784 g/mol. The van der Waals surface area contributed by atoms with E-state index in [2.05, 4.69) is 20.0 Å². The number of fused-ring (bicyclic) bond motifs is 1. The number of nitrogens with zero attached hydrogens (tertiary/aromatic N) is 4. The topological polar surface area (TPSA) is 184 Å². The molecule has 7 rings (SSSR count). The van der Waals surface area contributed by atoms with Gasteiger partial charge in [-0.05, 0) is 92.4 Å². The number of ether oxygens (including phenoxy) is 1. The molecule has 1 amide bonds. The largest absolute Gasteiger partial charge is 0.464 e. The molecule has 1 fully saturated rings. The summed E-state index contributed by atoms with van der Waals surface area (Å²) in [4.78, 5) is 61.4. The SMILES string of the molecule is Cn1c(=O)n(-c2ccc(C[C@H](NC(=O)c3c(F)cc(NS(=O)(=O)c4ccc(-c5ccco5)cc4)cc3F)C(=O)OC3CCCCC3)nc2)c(=O)c2ccncc21. The number of benzene rings is 2. The van der Waals surface area contributed by atoms with Crippen molar-refractivity contribution < 1.29 is 35.9 Å². The summed E-state index contributed by atoms with van der Waals surface area (Å²) in [5, 5.41) is 2.61. The van der Waals surface area contributed by atoms with Crippen molar-refractivity contribution in [1.29, 1.82) is 0 Å². The van der Waals surface area contributed by atoms with Crippen LogP contribution in [0.2, 0.25) is 0 Å². The molecule has 4 heterocycles. The number of esters is 1. The van der Waals surface area contributed by atoms with E-state index in [1.165, 1.54) is 78.9 Å². The zero-order chi connectivity index (χ0) is 39.6. The Morgan fingerprint density at radius 1 is 0.982 bits per heavy atom. The van der Waals surface area contributed by atoms with Gasteiger partial charge in [-0.3, -0.25) is 28.8 Å². The molecular weight excluding hydrogens is 751 g/mol. The van der Waals surface area contributed by atoms with Crippen molar-refractivity contribution in [1.82, 2.24) is 24.4 Å². The first-order valence-corrected chi connectivity index (χ1v) is 19.1. The lowest BCUT2D eigenvalue weighted by atomic mass is 9.97. The number of rotatable bonds is 11. The molecule has 6 aromatic rings. The average Bonchev–Trinajstić information content (AvgIpc) is 3.73. The fraction of sp³-hybridized carbons (Fsp3) is 0.231. The molecule has 17 heteroatoms. The molecule has 0 aliphatic heterocycles. The van der Waals surface area contributed by atoms with Crippen LogP contribution in [0.25, 0.3) is 27.9 Å².